The molecule has 2 rings (SSSR count). The van der Waals surface area contributed by atoms with Crippen LogP contribution in [0, 0.1) is 0 Å². The lowest BCUT2D eigenvalue weighted by Crippen LogP contribution is -2.43. The molecule has 0 saturated carbocycles. The van der Waals surface area contributed by atoms with Crippen molar-refractivity contribution in [3.63, 3.8) is 0 Å². The summed E-state index contributed by atoms with van der Waals surface area (Å²) in [6.07, 6.45) is 0. The highest BCUT2D eigenvalue weighted by molar-refractivity contribution is 5.95. The van der Waals surface area contributed by atoms with E-state index in [1.807, 2.05) is 0 Å². The van der Waals surface area contributed by atoms with Gasteiger partial charge in [-0.25, -0.2) is 0 Å². The zero-order chi connectivity index (χ0) is 19.4. The van der Waals surface area contributed by atoms with Crippen LogP contribution in [0.1, 0.15) is 24.2 Å². The molecule has 2 amide bonds. The van der Waals surface area contributed by atoms with Crippen LogP contribution < -0.4 is 21.6 Å². The Balaban J connectivity index is 2.26. The Kier molecular flexibility index (Phi) is 5.73. The van der Waals surface area contributed by atoms with Gasteiger partial charge >= 0.3 is 0 Å². The molecule has 3 N–H and O–H groups in total. The lowest BCUT2D eigenvalue weighted by molar-refractivity contribution is -0.127. The number of anilines is 3. The summed E-state index contributed by atoms with van der Waals surface area (Å²) in [6.45, 7) is 2.94. The van der Waals surface area contributed by atoms with Gasteiger partial charge < -0.3 is 15.3 Å². The van der Waals surface area contributed by atoms with Crippen LogP contribution in [0.2, 0.25) is 0 Å². The summed E-state index contributed by atoms with van der Waals surface area (Å²) in [5.74, 6) is -0.695. The third-order valence-electron chi connectivity index (χ3n) is 3.79. The van der Waals surface area contributed by atoms with Crippen LogP contribution in [0.4, 0.5) is 17.1 Å². The molecule has 0 aromatic heterocycles. The molecule has 0 aliphatic carbocycles. The average Bonchev–Trinajstić information content (AvgIpc) is 2.65. The summed E-state index contributed by atoms with van der Waals surface area (Å²) in [5.41, 5.74) is 1.95. The second-order valence-corrected chi connectivity index (χ2v) is 5.63. The lowest BCUT2D eigenvalue weighted by Gasteiger charge is -2.23. The van der Waals surface area contributed by atoms with E-state index in [9.17, 15) is 19.2 Å². The number of benzene rings is 1. The Bertz CT molecular complexity index is 901. The maximum absolute atomic E-state index is 12.1. The SMILES string of the molecule is CCN(Nc1c(Nc2cccc(C(=O)N(C)CO)c2)c(=O)c1=O)C(C)=O. The van der Waals surface area contributed by atoms with Crippen molar-refractivity contribution in [2.45, 2.75) is 13.8 Å². The van der Waals surface area contributed by atoms with Gasteiger partial charge in [0.2, 0.25) is 5.91 Å². The number of hydrogen-bond acceptors (Lipinski definition) is 7. The van der Waals surface area contributed by atoms with Gasteiger partial charge in [-0.3, -0.25) is 29.6 Å². The molecule has 26 heavy (non-hydrogen) atoms. The molecule has 0 radical (unpaired) electrons. The van der Waals surface area contributed by atoms with E-state index in [1.54, 1.807) is 25.1 Å². The molecule has 0 atom stereocenters. The molecule has 2 aromatic carbocycles. The highest BCUT2D eigenvalue weighted by Crippen LogP contribution is 2.22. The Labute approximate surface area is 149 Å². The topological polar surface area (TPSA) is 119 Å². The van der Waals surface area contributed by atoms with E-state index in [4.69, 9.17) is 5.11 Å². The molecule has 138 valence electrons. The normalized spacial score (nSPS) is 10.5. The fraction of sp³-hybridized carbons (Fsp3) is 0.294. The highest BCUT2D eigenvalue weighted by Gasteiger charge is 2.23. The Morgan fingerprint density at radius 1 is 1.15 bits per heavy atom. The smallest absolute Gasteiger partial charge is 0.255 e. The number of rotatable bonds is 7. The fourth-order valence-electron chi connectivity index (χ4n) is 2.29. The van der Waals surface area contributed by atoms with Gasteiger partial charge in [0, 0.05) is 31.8 Å². The van der Waals surface area contributed by atoms with Crippen LogP contribution >= 0.6 is 0 Å². The predicted molar refractivity (Wildman–Crippen MR) is 96.9 cm³/mol. The summed E-state index contributed by atoms with van der Waals surface area (Å²) < 4.78 is 0. The molecule has 0 spiro atoms. The number of nitrogens with one attached hydrogen (secondary N) is 2. The van der Waals surface area contributed by atoms with E-state index >= 15 is 0 Å². The number of carbonyl (C=O) groups is 2. The zero-order valence-electron chi connectivity index (χ0n) is 14.7. The Morgan fingerprint density at radius 2 is 1.81 bits per heavy atom. The maximum Gasteiger partial charge on any atom is 0.255 e. The third-order valence-corrected chi connectivity index (χ3v) is 3.79. The van der Waals surface area contributed by atoms with Crippen LogP contribution in [0.25, 0.3) is 0 Å². The van der Waals surface area contributed by atoms with Crippen molar-refractivity contribution in [3.8, 4) is 0 Å². The van der Waals surface area contributed by atoms with Crippen molar-refractivity contribution >= 4 is 28.9 Å². The van der Waals surface area contributed by atoms with Crippen LogP contribution in [-0.2, 0) is 4.79 Å². The van der Waals surface area contributed by atoms with Crippen molar-refractivity contribution in [1.29, 1.82) is 0 Å². The maximum atomic E-state index is 12.1. The van der Waals surface area contributed by atoms with E-state index in [0.717, 1.165) is 4.90 Å². The largest absolute Gasteiger partial charge is 0.376 e. The highest BCUT2D eigenvalue weighted by atomic mass is 16.3. The first-order chi connectivity index (χ1) is 12.3. The van der Waals surface area contributed by atoms with E-state index < -0.39 is 23.5 Å². The first-order valence-electron chi connectivity index (χ1n) is 7.91. The number of aliphatic hydroxyl groups excluding tert-OH is 1. The summed E-state index contributed by atoms with van der Waals surface area (Å²) >= 11 is 0. The minimum atomic E-state index is -0.723. The van der Waals surface area contributed by atoms with Crippen LogP contribution in [0.3, 0.4) is 0 Å². The molecular formula is C17H20N4O5. The predicted octanol–water partition coefficient (Wildman–Crippen LogP) is 0.243. The number of amides is 2. The molecule has 0 bridgehead atoms. The van der Waals surface area contributed by atoms with E-state index in [0.29, 0.717) is 17.8 Å². The zero-order valence-corrected chi connectivity index (χ0v) is 14.7. The number of hydrogen-bond donors (Lipinski definition) is 3. The fourth-order valence-corrected chi connectivity index (χ4v) is 2.29. The van der Waals surface area contributed by atoms with Gasteiger partial charge in [0.25, 0.3) is 16.8 Å². The van der Waals surface area contributed by atoms with Gasteiger partial charge in [-0.2, -0.15) is 0 Å². The van der Waals surface area contributed by atoms with Crippen molar-refractivity contribution in [2.24, 2.45) is 0 Å². The first kappa shape index (κ1) is 19.1. The minimum Gasteiger partial charge on any atom is -0.376 e. The lowest BCUT2D eigenvalue weighted by atomic mass is 10.1. The summed E-state index contributed by atoms with van der Waals surface area (Å²) in [6, 6.07) is 6.29. The Hall–Kier alpha value is -3.20. The molecule has 0 aliphatic heterocycles. The molecule has 9 heteroatoms. The van der Waals surface area contributed by atoms with Gasteiger partial charge in [-0.15, -0.1) is 0 Å². The summed E-state index contributed by atoms with van der Waals surface area (Å²) in [5, 5.41) is 13.0. The van der Waals surface area contributed by atoms with E-state index in [2.05, 4.69) is 10.7 Å². The number of carbonyl (C=O) groups excluding carboxylic acids is 2. The van der Waals surface area contributed by atoms with Crippen molar-refractivity contribution < 1.29 is 14.7 Å². The van der Waals surface area contributed by atoms with E-state index in [1.165, 1.54) is 25.0 Å². The van der Waals surface area contributed by atoms with Gasteiger partial charge in [-0.1, -0.05) is 6.07 Å². The molecule has 0 saturated heterocycles. The molecule has 9 nitrogen and oxygen atoms in total. The van der Waals surface area contributed by atoms with Crippen LogP contribution in [0.5, 0.6) is 0 Å². The number of hydrazine groups is 1. The molecular weight excluding hydrogens is 340 g/mol. The van der Waals surface area contributed by atoms with Crippen LogP contribution in [0.15, 0.2) is 33.9 Å². The number of nitrogens with zero attached hydrogens (tertiary/aromatic N) is 2. The molecule has 2 aromatic rings. The molecule has 0 fully saturated rings. The second kappa shape index (κ2) is 7.79. The standard InChI is InChI=1S/C17H20N4O5/c1-4-21(10(2)23)19-14-13(15(24)16(14)25)18-12-7-5-6-11(8-12)17(26)20(3)9-22/h5-8,18-19,22H,4,9H2,1-3H3. The first-order valence-corrected chi connectivity index (χ1v) is 7.91. The molecule has 0 heterocycles. The van der Waals surface area contributed by atoms with Gasteiger partial charge in [0.15, 0.2) is 0 Å². The van der Waals surface area contributed by atoms with Crippen molar-refractivity contribution in [2.75, 3.05) is 31.1 Å². The second-order valence-electron chi connectivity index (χ2n) is 5.63. The van der Waals surface area contributed by atoms with Gasteiger partial charge in [0.1, 0.15) is 18.1 Å². The van der Waals surface area contributed by atoms with Gasteiger partial charge in [-0.05, 0) is 25.1 Å². The quantitative estimate of drug-likeness (QED) is 0.368. The minimum absolute atomic E-state index is 0.00347. The summed E-state index contributed by atoms with van der Waals surface area (Å²) in [7, 11) is 1.45. The summed E-state index contributed by atoms with van der Waals surface area (Å²) in [4.78, 5) is 48.4. The average molecular weight is 360 g/mol. The van der Waals surface area contributed by atoms with Crippen molar-refractivity contribution in [3.05, 3.63) is 50.3 Å². The third kappa shape index (κ3) is 3.72. The molecule has 0 aliphatic rings. The van der Waals surface area contributed by atoms with E-state index in [-0.39, 0.29) is 17.3 Å². The van der Waals surface area contributed by atoms with Crippen molar-refractivity contribution in [1.82, 2.24) is 9.91 Å². The Morgan fingerprint density at radius 3 is 2.38 bits per heavy atom. The molecule has 0 unspecified atom stereocenters. The van der Waals surface area contributed by atoms with Crippen LogP contribution in [-0.4, -0.2) is 47.2 Å². The number of aliphatic hydroxyl groups is 1. The monoisotopic (exact) mass is 360 g/mol. The van der Waals surface area contributed by atoms with Gasteiger partial charge in [0.05, 0.1) is 0 Å².